The molecular formula is C42H78. The standard InChI is InChI=1S/C13H22.C12H20.C11H18.3C2H6/c1-8(2)13-11-4-9-3-10(6-11)7-12(13)5-9;1-2-12-10-4-8-3-9(6-10)7-11(12)5-8;1-7-10-3-8-2-9(5-10)6-11(7)4-8;3*1-2/h8-13H,3-7H2,1-2H3;8-12H,2-7H2,1H3;7-11H,2-6H2,1H3;3*1-2H3. The van der Waals surface area contributed by atoms with Crippen molar-refractivity contribution >= 4 is 0 Å². The molecule has 0 heterocycles. The molecule has 0 unspecified atom stereocenters. The Morgan fingerprint density at radius 3 is 0.929 bits per heavy atom. The summed E-state index contributed by atoms with van der Waals surface area (Å²) >= 11 is 0. The van der Waals surface area contributed by atoms with Crippen LogP contribution in [0.15, 0.2) is 0 Å². The summed E-state index contributed by atoms with van der Waals surface area (Å²) in [5.74, 6) is 18.1. The molecule has 0 atom stereocenters. The van der Waals surface area contributed by atoms with Crippen LogP contribution in [0.5, 0.6) is 0 Å². The normalized spacial score (nSPS) is 48.8. The maximum atomic E-state index is 2.51. The summed E-state index contributed by atoms with van der Waals surface area (Å²) in [5.41, 5.74) is 0. The quantitative estimate of drug-likeness (QED) is 0.304. The van der Waals surface area contributed by atoms with Crippen molar-refractivity contribution in [2.45, 2.75) is 172 Å². The maximum absolute atomic E-state index is 2.51. The van der Waals surface area contributed by atoms with Gasteiger partial charge in [-0.15, -0.1) is 0 Å². The molecule has 12 fully saturated rings. The Bertz CT molecular complexity index is 676. The first-order chi connectivity index (χ1) is 20.4. The van der Waals surface area contributed by atoms with Crippen LogP contribution in [0, 0.1) is 94.7 Å². The van der Waals surface area contributed by atoms with Crippen molar-refractivity contribution in [3.8, 4) is 0 Å². The van der Waals surface area contributed by atoms with Gasteiger partial charge in [-0.1, -0.05) is 75.7 Å². The Hall–Kier alpha value is 0. The SMILES string of the molecule is CC.CC.CC.CC(C)C1C2CC3CC(C2)CC1C3.CC1C2CC3CC(C2)CC1C3.CCC1C2CC3CC(C2)CC1C3. The first kappa shape index (κ1) is 34.9. The highest BCUT2D eigenvalue weighted by atomic mass is 14.5. The molecule has 0 aromatic carbocycles. The predicted octanol–water partition coefficient (Wildman–Crippen LogP) is 13.3. The van der Waals surface area contributed by atoms with E-state index in [1.165, 1.54) is 6.42 Å². The highest BCUT2D eigenvalue weighted by Gasteiger charge is 2.49. The van der Waals surface area contributed by atoms with E-state index in [4.69, 9.17) is 0 Å². The van der Waals surface area contributed by atoms with Gasteiger partial charge in [0, 0.05) is 0 Å². The Labute approximate surface area is 266 Å². The smallest absolute Gasteiger partial charge is 0.0334 e. The number of rotatable bonds is 2. The van der Waals surface area contributed by atoms with Gasteiger partial charge < -0.3 is 0 Å². The van der Waals surface area contributed by atoms with Gasteiger partial charge >= 0.3 is 0 Å². The first-order valence-corrected chi connectivity index (χ1v) is 20.4. The average Bonchev–Trinajstić information content (AvgIpc) is 2.98. The Morgan fingerprint density at radius 1 is 0.405 bits per heavy atom. The van der Waals surface area contributed by atoms with Gasteiger partial charge in [-0.05, 0) is 191 Å². The second kappa shape index (κ2) is 16.0. The first-order valence-electron chi connectivity index (χ1n) is 20.4. The molecule has 0 amide bonds. The van der Waals surface area contributed by atoms with Crippen LogP contribution in [0.4, 0.5) is 0 Å². The highest BCUT2D eigenvalue weighted by molar-refractivity contribution is 4.99. The van der Waals surface area contributed by atoms with Gasteiger partial charge in [-0.2, -0.15) is 0 Å². The van der Waals surface area contributed by atoms with Crippen LogP contribution < -0.4 is 0 Å². The van der Waals surface area contributed by atoms with E-state index in [0.29, 0.717) is 0 Å². The maximum Gasteiger partial charge on any atom is -0.0334 e. The molecule has 12 bridgehead atoms. The van der Waals surface area contributed by atoms with Crippen LogP contribution in [0.25, 0.3) is 0 Å². The summed E-state index contributed by atoms with van der Waals surface area (Å²) in [4.78, 5) is 0. The summed E-state index contributed by atoms with van der Waals surface area (Å²) in [6.07, 6.45) is 25.4. The second-order valence-corrected chi connectivity index (χ2v) is 17.0. The lowest BCUT2D eigenvalue weighted by Gasteiger charge is -2.55. The van der Waals surface area contributed by atoms with Gasteiger partial charge in [0.05, 0.1) is 0 Å². The molecule has 0 aromatic rings. The van der Waals surface area contributed by atoms with Gasteiger partial charge in [0.25, 0.3) is 0 Å². The van der Waals surface area contributed by atoms with Gasteiger partial charge in [-0.3, -0.25) is 0 Å². The minimum Gasteiger partial charge on any atom is -0.0683 e. The van der Waals surface area contributed by atoms with Crippen molar-refractivity contribution in [2.24, 2.45) is 94.7 Å². The van der Waals surface area contributed by atoms with E-state index in [-0.39, 0.29) is 0 Å². The lowest BCUT2D eigenvalue weighted by atomic mass is 9.50. The van der Waals surface area contributed by atoms with Crippen molar-refractivity contribution in [1.82, 2.24) is 0 Å². The lowest BCUT2D eigenvalue weighted by molar-refractivity contribution is -0.0552. The van der Waals surface area contributed by atoms with Gasteiger partial charge in [-0.25, -0.2) is 0 Å². The molecule has 12 saturated carbocycles. The number of hydrogen-bond acceptors (Lipinski definition) is 0. The Morgan fingerprint density at radius 2 is 0.667 bits per heavy atom. The molecular weight excluding hydrogens is 504 g/mol. The van der Waals surface area contributed by atoms with E-state index in [2.05, 4.69) is 27.7 Å². The molecule has 0 N–H and O–H groups in total. The Kier molecular flexibility index (Phi) is 13.3. The zero-order chi connectivity index (χ0) is 30.6. The average molecular weight is 583 g/mol. The molecule has 0 aliphatic heterocycles. The molecule has 0 saturated heterocycles. The number of hydrogen-bond donors (Lipinski definition) is 0. The van der Waals surface area contributed by atoms with Crippen LogP contribution in [-0.2, 0) is 0 Å². The van der Waals surface area contributed by atoms with E-state index in [1.54, 1.807) is 96.3 Å². The minimum atomic E-state index is 0.954. The molecule has 0 radical (unpaired) electrons. The van der Waals surface area contributed by atoms with Crippen molar-refractivity contribution in [2.75, 3.05) is 0 Å². The van der Waals surface area contributed by atoms with Crippen LogP contribution >= 0.6 is 0 Å². The molecule has 0 heteroatoms. The molecule has 12 aliphatic rings. The van der Waals surface area contributed by atoms with Crippen molar-refractivity contribution in [3.05, 3.63) is 0 Å². The van der Waals surface area contributed by atoms with Gasteiger partial charge in [0.2, 0.25) is 0 Å². The molecule has 0 aromatic heterocycles. The van der Waals surface area contributed by atoms with Gasteiger partial charge in [0.15, 0.2) is 0 Å². The second-order valence-electron chi connectivity index (χ2n) is 17.0. The molecule has 246 valence electrons. The van der Waals surface area contributed by atoms with E-state index < -0.39 is 0 Å². The largest absolute Gasteiger partial charge is 0.0683 e. The summed E-state index contributed by atoms with van der Waals surface area (Å²) < 4.78 is 0. The monoisotopic (exact) mass is 583 g/mol. The topological polar surface area (TPSA) is 0 Å². The van der Waals surface area contributed by atoms with Crippen LogP contribution in [0.3, 0.4) is 0 Å². The Balaban J connectivity index is 0.000000133. The lowest BCUT2D eigenvalue weighted by Crippen LogP contribution is -2.46. The fourth-order valence-electron chi connectivity index (χ4n) is 14.0. The third-order valence-corrected chi connectivity index (χ3v) is 14.7. The summed E-state index contributed by atoms with van der Waals surface area (Å²) in [6, 6.07) is 0. The summed E-state index contributed by atoms with van der Waals surface area (Å²) in [7, 11) is 0. The molecule has 0 spiro atoms. The van der Waals surface area contributed by atoms with E-state index in [1.807, 2.05) is 41.5 Å². The third-order valence-electron chi connectivity index (χ3n) is 14.7. The van der Waals surface area contributed by atoms with Crippen molar-refractivity contribution in [1.29, 1.82) is 0 Å². The fourth-order valence-corrected chi connectivity index (χ4v) is 14.0. The van der Waals surface area contributed by atoms with Crippen molar-refractivity contribution in [3.63, 3.8) is 0 Å². The van der Waals surface area contributed by atoms with Gasteiger partial charge in [0.1, 0.15) is 0 Å². The molecule has 12 aliphatic carbocycles. The minimum absolute atomic E-state index is 0.954. The molecule has 42 heavy (non-hydrogen) atoms. The van der Waals surface area contributed by atoms with Crippen LogP contribution in [-0.4, -0.2) is 0 Å². The van der Waals surface area contributed by atoms with Crippen LogP contribution in [0.2, 0.25) is 0 Å². The van der Waals surface area contributed by atoms with Crippen molar-refractivity contribution < 1.29 is 0 Å². The highest BCUT2D eigenvalue weighted by Crippen LogP contribution is 2.59. The third kappa shape index (κ3) is 7.51. The zero-order valence-corrected chi connectivity index (χ0v) is 30.6. The van der Waals surface area contributed by atoms with E-state index in [0.717, 1.165) is 94.7 Å². The molecule has 0 nitrogen and oxygen atoms in total. The van der Waals surface area contributed by atoms with Crippen LogP contribution in [0.1, 0.15) is 172 Å². The summed E-state index contributed by atoms with van der Waals surface area (Å²) in [6.45, 7) is 21.8. The molecule has 12 rings (SSSR count). The predicted molar refractivity (Wildman–Crippen MR) is 186 cm³/mol. The summed E-state index contributed by atoms with van der Waals surface area (Å²) in [5, 5.41) is 0. The van der Waals surface area contributed by atoms with E-state index in [9.17, 15) is 0 Å². The zero-order valence-electron chi connectivity index (χ0n) is 30.6. The van der Waals surface area contributed by atoms with E-state index >= 15 is 0 Å². The fraction of sp³-hybridized carbons (Fsp3) is 1.00.